The fourth-order valence-electron chi connectivity index (χ4n) is 2.67. The molecule has 2 atom stereocenters. The van der Waals surface area contributed by atoms with Crippen molar-refractivity contribution in [3.05, 3.63) is 33.8 Å². The molecule has 1 N–H and O–H groups in total. The molecule has 1 fully saturated rings. The smallest absolute Gasteiger partial charge is 0.0714 e. The van der Waals surface area contributed by atoms with Crippen molar-refractivity contribution < 1.29 is 5.11 Å². The van der Waals surface area contributed by atoms with Gasteiger partial charge < -0.3 is 5.11 Å². The van der Waals surface area contributed by atoms with E-state index in [0.29, 0.717) is 22.4 Å². The van der Waals surface area contributed by atoms with E-state index in [9.17, 15) is 5.11 Å². The Balaban J connectivity index is 2.25. The van der Waals surface area contributed by atoms with Crippen molar-refractivity contribution in [3.63, 3.8) is 0 Å². The van der Waals surface area contributed by atoms with Crippen LogP contribution in [-0.4, -0.2) is 10.7 Å². The first-order valence-electron chi connectivity index (χ1n) is 6.18. The van der Waals surface area contributed by atoms with Crippen LogP contribution in [0.1, 0.15) is 38.2 Å². The quantitative estimate of drug-likeness (QED) is 0.842. The minimum atomic E-state index is -0.646. The van der Waals surface area contributed by atoms with Crippen LogP contribution in [-0.2, 0) is 6.42 Å². The summed E-state index contributed by atoms with van der Waals surface area (Å²) in [6.07, 6.45) is 4.78. The van der Waals surface area contributed by atoms with E-state index in [2.05, 4.69) is 6.92 Å². The fraction of sp³-hybridized carbons (Fsp3) is 0.571. The molecule has 0 aromatic heterocycles. The van der Waals surface area contributed by atoms with Gasteiger partial charge in [-0.1, -0.05) is 49.0 Å². The van der Waals surface area contributed by atoms with E-state index < -0.39 is 5.60 Å². The Hall–Kier alpha value is -0.240. The molecule has 0 aliphatic heterocycles. The molecule has 0 saturated heterocycles. The van der Waals surface area contributed by atoms with Crippen molar-refractivity contribution in [2.45, 2.75) is 44.6 Å². The molecule has 0 bridgehead atoms. The van der Waals surface area contributed by atoms with Gasteiger partial charge in [0.25, 0.3) is 0 Å². The summed E-state index contributed by atoms with van der Waals surface area (Å²) in [7, 11) is 0. The Kier molecular flexibility index (Phi) is 4.02. The van der Waals surface area contributed by atoms with Crippen molar-refractivity contribution in [3.8, 4) is 0 Å². The van der Waals surface area contributed by atoms with Crippen LogP contribution in [0.4, 0.5) is 0 Å². The van der Waals surface area contributed by atoms with E-state index >= 15 is 0 Å². The third kappa shape index (κ3) is 2.78. The second kappa shape index (κ2) is 5.17. The third-order valence-corrected chi connectivity index (χ3v) is 4.67. The summed E-state index contributed by atoms with van der Waals surface area (Å²) in [5.74, 6) is 0.309. The second-order valence-corrected chi connectivity index (χ2v) is 5.94. The lowest BCUT2D eigenvalue weighted by Crippen LogP contribution is -2.41. The number of hydrogen-bond acceptors (Lipinski definition) is 1. The maximum Gasteiger partial charge on any atom is 0.0714 e. The highest BCUT2D eigenvalue weighted by Gasteiger charge is 2.36. The molecule has 1 aromatic carbocycles. The molecular formula is C14H18Cl2O. The molecule has 0 radical (unpaired) electrons. The Morgan fingerprint density at radius 3 is 2.53 bits per heavy atom. The topological polar surface area (TPSA) is 20.2 Å². The highest BCUT2D eigenvalue weighted by Crippen LogP contribution is 2.38. The highest BCUT2D eigenvalue weighted by atomic mass is 35.5. The first-order valence-corrected chi connectivity index (χ1v) is 6.94. The lowest BCUT2D eigenvalue weighted by molar-refractivity contribution is -0.0404. The maximum atomic E-state index is 10.7. The monoisotopic (exact) mass is 272 g/mol. The summed E-state index contributed by atoms with van der Waals surface area (Å²) in [4.78, 5) is 0. The summed E-state index contributed by atoms with van der Waals surface area (Å²) in [6, 6.07) is 5.50. The molecule has 2 rings (SSSR count). The van der Waals surface area contributed by atoms with E-state index in [4.69, 9.17) is 23.2 Å². The highest BCUT2D eigenvalue weighted by molar-refractivity contribution is 6.36. The molecule has 0 amide bonds. The molecular weight excluding hydrogens is 255 g/mol. The van der Waals surface area contributed by atoms with E-state index in [1.54, 1.807) is 0 Å². The van der Waals surface area contributed by atoms with Crippen molar-refractivity contribution >= 4 is 23.2 Å². The molecule has 3 heteroatoms. The summed E-state index contributed by atoms with van der Waals surface area (Å²) >= 11 is 12.3. The van der Waals surface area contributed by atoms with Crippen LogP contribution in [0.3, 0.4) is 0 Å². The third-order valence-electron chi connectivity index (χ3n) is 3.96. The van der Waals surface area contributed by atoms with E-state index in [-0.39, 0.29) is 0 Å². The van der Waals surface area contributed by atoms with Crippen LogP contribution in [0.15, 0.2) is 18.2 Å². The molecule has 17 heavy (non-hydrogen) atoms. The molecule has 2 unspecified atom stereocenters. The standard InChI is InChI=1S/C14H18Cl2O/c1-10-5-2-3-8-14(10,17)9-11-12(15)6-4-7-13(11)16/h4,6-7,10,17H,2-3,5,8-9H2,1H3. The first kappa shape index (κ1) is 13.2. The predicted molar refractivity (Wildman–Crippen MR) is 72.7 cm³/mol. The van der Waals surface area contributed by atoms with Gasteiger partial charge in [0, 0.05) is 16.5 Å². The van der Waals surface area contributed by atoms with Crippen LogP contribution >= 0.6 is 23.2 Å². The molecule has 1 aromatic rings. The molecule has 0 spiro atoms. The first-order chi connectivity index (χ1) is 8.03. The van der Waals surface area contributed by atoms with Crippen LogP contribution in [0, 0.1) is 5.92 Å². The number of benzene rings is 1. The Morgan fingerprint density at radius 1 is 1.29 bits per heavy atom. The van der Waals surface area contributed by atoms with Gasteiger partial charge in [-0.25, -0.2) is 0 Å². The zero-order chi connectivity index (χ0) is 12.5. The van der Waals surface area contributed by atoms with Gasteiger partial charge in [0.15, 0.2) is 0 Å². The largest absolute Gasteiger partial charge is 0.389 e. The molecule has 0 heterocycles. The minimum absolute atomic E-state index is 0.309. The Bertz CT molecular complexity index is 385. The second-order valence-electron chi connectivity index (χ2n) is 5.13. The van der Waals surface area contributed by atoms with Crippen molar-refractivity contribution in [1.29, 1.82) is 0 Å². The van der Waals surface area contributed by atoms with Gasteiger partial charge in [0.2, 0.25) is 0 Å². The molecule has 1 aliphatic rings. The SMILES string of the molecule is CC1CCCCC1(O)Cc1c(Cl)cccc1Cl. The van der Waals surface area contributed by atoms with Gasteiger partial charge in [-0.15, -0.1) is 0 Å². The molecule has 1 aliphatic carbocycles. The van der Waals surface area contributed by atoms with Crippen molar-refractivity contribution in [2.75, 3.05) is 0 Å². The van der Waals surface area contributed by atoms with Gasteiger partial charge in [0.1, 0.15) is 0 Å². The van der Waals surface area contributed by atoms with Gasteiger partial charge in [0.05, 0.1) is 5.60 Å². The summed E-state index contributed by atoms with van der Waals surface area (Å²) in [5, 5.41) is 12.0. The Morgan fingerprint density at radius 2 is 1.94 bits per heavy atom. The summed E-state index contributed by atoms with van der Waals surface area (Å²) in [6.45, 7) is 2.11. The van der Waals surface area contributed by atoms with Crippen LogP contribution in [0.5, 0.6) is 0 Å². The van der Waals surface area contributed by atoms with Crippen molar-refractivity contribution in [1.82, 2.24) is 0 Å². The summed E-state index contributed by atoms with van der Waals surface area (Å²) in [5.41, 5.74) is 0.236. The maximum absolute atomic E-state index is 10.7. The molecule has 94 valence electrons. The lowest BCUT2D eigenvalue weighted by atomic mass is 9.73. The van der Waals surface area contributed by atoms with E-state index in [1.165, 1.54) is 6.42 Å². The Labute approximate surface area is 113 Å². The lowest BCUT2D eigenvalue weighted by Gasteiger charge is -2.38. The number of aliphatic hydroxyl groups is 1. The van der Waals surface area contributed by atoms with Gasteiger partial charge in [-0.05, 0) is 36.5 Å². The van der Waals surface area contributed by atoms with Crippen LogP contribution in [0.2, 0.25) is 10.0 Å². The molecule has 1 nitrogen and oxygen atoms in total. The van der Waals surface area contributed by atoms with E-state index in [0.717, 1.165) is 24.8 Å². The number of halogens is 2. The number of rotatable bonds is 2. The summed E-state index contributed by atoms with van der Waals surface area (Å²) < 4.78 is 0. The average molecular weight is 273 g/mol. The normalized spacial score (nSPS) is 29.3. The van der Waals surface area contributed by atoms with E-state index in [1.807, 2.05) is 18.2 Å². The fourth-order valence-corrected chi connectivity index (χ4v) is 3.20. The van der Waals surface area contributed by atoms with Crippen LogP contribution < -0.4 is 0 Å². The molecule has 1 saturated carbocycles. The number of hydrogen-bond donors (Lipinski definition) is 1. The van der Waals surface area contributed by atoms with Crippen LogP contribution in [0.25, 0.3) is 0 Å². The predicted octanol–water partition coefficient (Wildman–Crippen LogP) is 4.48. The minimum Gasteiger partial charge on any atom is -0.389 e. The average Bonchev–Trinajstić information content (AvgIpc) is 2.28. The van der Waals surface area contributed by atoms with Crippen molar-refractivity contribution in [2.24, 2.45) is 5.92 Å². The van der Waals surface area contributed by atoms with Gasteiger partial charge in [-0.3, -0.25) is 0 Å². The zero-order valence-corrected chi connectivity index (χ0v) is 11.6. The van der Waals surface area contributed by atoms with Gasteiger partial charge in [-0.2, -0.15) is 0 Å². The van der Waals surface area contributed by atoms with Gasteiger partial charge >= 0.3 is 0 Å². The zero-order valence-electron chi connectivity index (χ0n) is 10.0.